The summed E-state index contributed by atoms with van der Waals surface area (Å²) in [5, 5.41) is 4.86. The summed E-state index contributed by atoms with van der Waals surface area (Å²) in [6, 6.07) is 10.6. The van der Waals surface area contributed by atoms with Gasteiger partial charge in [-0.1, -0.05) is 76.5 Å². The number of hydrogen-bond acceptors (Lipinski definition) is 4. The van der Waals surface area contributed by atoms with Gasteiger partial charge in [-0.3, -0.25) is 9.59 Å². The summed E-state index contributed by atoms with van der Waals surface area (Å²) in [4.78, 5) is 36.6. The minimum Gasteiger partial charge on any atom is -0.452 e. The number of anilines is 2. The molecule has 0 radical (unpaired) electrons. The van der Waals surface area contributed by atoms with Gasteiger partial charge in [-0.05, 0) is 36.8 Å². The number of ether oxygens (including phenoxy) is 1. The first-order valence-corrected chi connectivity index (χ1v) is 12.7. The molecule has 0 atom stereocenters. The van der Waals surface area contributed by atoms with Crippen molar-refractivity contribution in [3.8, 4) is 0 Å². The Labute approximate surface area is 216 Å². The molecule has 6 nitrogen and oxygen atoms in total. The van der Waals surface area contributed by atoms with Crippen LogP contribution in [0.15, 0.2) is 48.5 Å². The van der Waals surface area contributed by atoms with Gasteiger partial charge in [-0.2, -0.15) is 13.2 Å². The first-order chi connectivity index (χ1) is 17.7. The lowest BCUT2D eigenvalue weighted by molar-refractivity contribution is -0.137. The Bertz CT molecular complexity index is 1020. The SMILES string of the molecule is CCCCCCCCCCCC(=O)Nc1cccc(C(=O)OCC(=O)Nc2ccccc2C(F)(F)F)c1. The van der Waals surface area contributed by atoms with Gasteiger partial charge < -0.3 is 15.4 Å². The Morgan fingerprint density at radius 3 is 2.11 bits per heavy atom. The van der Waals surface area contributed by atoms with Crippen LogP contribution < -0.4 is 10.6 Å². The highest BCUT2D eigenvalue weighted by Crippen LogP contribution is 2.34. The van der Waals surface area contributed by atoms with Crippen molar-refractivity contribution in [2.75, 3.05) is 17.2 Å². The molecule has 202 valence electrons. The molecule has 0 aliphatic heterocycles. The van der Waals surface area contributed by atoms with Crippen molar-refractivity contribution in [3.05, 3.63) is 59.7 Å². The molecule has 0 aliphatic carbocycles. The highest BCUT2D eigenvalue weighted by atomic mass is 19.4. The van der Waals surface area contributed by atoms with E-state index in [1.807, 2.05) is 0 Å². The lowest BCUT2D eigenvalue weighted by Crippen LogP contribution is -2.22. The maximum Gasteiger partial charge on any atom is 0.418 e. The van der Waals surface area contributed by atoms with Gasteiger partial charge in [0.05, 0.1) is 16.8 Å². The molecule has 2 aromatic rings. The smallest absolute Gasteiger partial charge is 0.418 e. The Hall–Kier alpha value is -3.36. The van der Waals surface area contributed by atoms with Gasteiger partial charge >= 0.3 is 12.1 Å². The Kier molecular flexibility index (Phi) is 12.7. The van der Waals surface area contributed by atoms with E-state index in [1.165, 1.54) is 62.8 Å². The minimum absolute atomic E-state index is 0.101. The lowest BCUT2D eigenvalue weighted by Gasteiger charge is -2.13. The largest absolute Gasteiger partial charge is 0.452 e. The number of hydrogen-bond donors (Lipinski definition) is 2. The number of amides is 2. The average Bonchev–Trinajstić information content (AvgIpc) is 2.86. The summed E-state index contributed by atoms with van der Waals surface area (Å²) in [5.41, 5.74) is -0.906. The normalized spacial score (nSPS) is 11.1. The fourth-order valence-electron chi connectivity index (χ4n) is 3.78. The van der Waals surface area contributed by atoms with E-state index in [-0.39, 0.29) is 11.5 Å². The highest BCUT2D eigenvalue weighted by Gasteiger charge is 2.33. The van der Waals surface area contributed by atoms with Crippen LogP contribution in [0.4, 0.5) is 24.5 Å². The van der Waals surface area contributed by atoms with E-state index in [0.717, 1.165) is 31.4 Å². The number of nitrogens with one attached hydrogen (secondary N) is 2. The molecule has 0 heterocycles. The molecule has 0 aliphatic rings. The van der Waals surface area contributed by atoms with Gasteiger partial charge in [0.15, 0.2) is 6.61 Å². The number of alkyl halides is 3. The summed E-state index contributed by atoms with van der Waals surface area (Å²) >= 11 is 0. The summed E-state index contributed by atoms with van der Waals surface area (Å²) in [6.07, 6.45) is 6.12. The van der Waals surface area contributed by atoms with Crippen LogP contribution in [0.5, 0.6) is 0 Å². The first kappa shape index (κ1) is 29.9. The zero-order valence-corrected chi connectivity index (χ0v) is 21.2. The molecular formula is C28H35F3N2O4. The number of halogens is 3. The third kappa shape index (κ3) is 11.5. The van der Waals surface area contributed by atoms with Crippen molar-refractivity contribution in [1.82, 2.24) is 0 Å². The van der Waals surface area contributed by atoms with Crippen LogP contribution in [0.1, 0.15) is 87.1 Å². The van der Waals surface area contributed by atoms with Crippen molar-refractivity contribution >= 4 is 29.2 Å². The van der Waals surface area contributed by atoms with E-state index in [4.69, 9.17) is 4.74 Å². The zero-order chi connectivity index (χ0) is 27.1. The monoisotopic (exact) mass is 520 g/mol. The Balaban J connectivity index is 1.74. The van der Waals surface area contributed by atoms with Crippen LogP contribution in [0.3, 0.4) is 0 Å². The second kappa shape index (κ2) is 15.7. The summed E-state index contributed by atoms with van der Waals surface area (Å²) in [7, 11) is 0. The minimum atomic E-state index is -4.64. The van der Waals surface area contributed by atoms with Gasteiger partial charge in [-0.15, -0.1) is 0 Å². The third-order valence-electron chi connectivity index (χ3n) is 5.73. The van der Waals surface area contributed by atoms with E-state index in [2.05, 4.69) is 17.6 Å². The number of carbonyl (C=O) groups excluding carboxylic acids is 3. The van der Waals surface area contributed by atoms with Gasteiger partial charge in [0, 0.05) is 12.1 Å². The second-order valence-corrected chi connectivity index (χ2v) is 8.88. The molecule has 2 N–H and O–H groups in total. The molecule has 0 spiro atoms. The first-order valence-electron chi connectivity index (χ1n) is 12.7. The summed E-state index contributed by atoms with van der Waals surface area (Å²) in [6.45, 7) is 1.43. The van der Waals surface area contributed by atoms with Crippen LogP contribution in [-0.4, -0.2) is 24.4 Å². The molecule has 9 heteroatoms. The molecule has 37 heavy (non-hydrogen) atoms. The number of unbranched alkanes of at least 4 members (excludes halogenated alkanes) is 8. The van der Waals surface area contributed by atoms with Crippen LogP contribution in [0, 0.1) is 0 Å². The molecule has 0 saturated heterocycles. The fraction of sp³-hybridized carbons (Fsp3) is 0.464. The zero-order valence-electron chi connectivity index (χ0n) is 21.2. The fourth-order valence-corrected chi connectivity index (χ4v) is 3.78. The molecule has 2 aromatic carbocycles. The number of carbonyl (C=O) groups is 3. The number of para-hydroxylation sites is 1. The summed E-state index contributed by atoms with van der Waals surface area (Å²) < 4.78 is 44.1. The molecule has 0 saturated carbocycles. The summed E-state index contributed by atoms with van der Waals surface area (Å²) in [5.74, 6) is -1.90. The quantitative estimate of drug-likeness (QED) is 0.190. The standard InChI is InChI=1S/C28H35F3N2O4/c1-2-3-4-5-6-7-8-9-10-18-25(34)32-22-15-13-14-21(19-22)27(36)37-20-26(35)33-24-17-12-11-16-23(24)28(29,30)31/h11-17,19H,2-10,18,20H2,1H3,(H,32,34)(H,33,35). The number of rotatable bonds is 15. The number of benzene rings is 2. The van der Waals surface area contributed by atoms with Gasteiger partial charge in [-0.25, -0.2) is 4.79 Å². The van der Waals surface area contributed by atoms with E-state index in [1.54, 1.807) is 12.1 Å². The molecule has 0 unspecified atom stereocenters. The number of esters is 1. The highest BCUT2D eigenvalue weighted by molar-refractivity contribution is 5.97. The van der Waals surface area contributed by atoms with E-state index in [9.17, 15) is 27.6 Å². The van der Waals surface area contributed by atoms with Gasteiger partial charge in [0.25, 0.3) is 5.91 Å². The van der Waals surface area contributed by atoms with E-state index in [0.29, 0.717) is 12.1 Å². The van der Waals surface area contributed by atoms with Crippen molar-refractivity contribution in [3.63, 3.8) is 0 Å². The lowest BCUT2D eigenvalue weighted by atomic mass is 10.1. The predicted octanol–water partition coefficient (Wildman–Crippen LogP) is 7.36. The van der Waals surface area contributed by atoms with Gasteiger partial charge in [0.2, 0.25) is 5.91 Å². The second-order valence-electron chi connectivity index (χ2n) is 8.88. The molecule has 0 fully saturated rings. The molecule has 0 bridgehead atoms. The van der Waals surface area contributed by atoms with Crippen LogP contribution in [-0.2, 0) is 20.5 Å². The topological polar surface area (TPSA) is 84.5 Å². The molecule has 2 rings (SSSR count). The Morgan fingerprint density at radius 1 is 0.784 bits per heavy atom. The van der Waals surface area contributed by atoms with Crippen LogP contribution in [0.25, 0.3) is 0 Å². The van der Waals surface area contributed by atoms with E-state index >= 15 is 0 Å². The molecule has 2 amide bonds. The maximum absolute atomic E-state index is 13.1. The maximum atomic E-state index is 13.1. The molecular weight excluding hydrogens is 485 g/mol. The third-order valence-corrected chi connectivity index (χ3v) is 5.73. The Morgan fingerprint density at radius 2 is 1.43 bits per heavy atom. The van der Waals surface area contributed by atoms with Crippen molar-refractivity contribution in [2.45, 2.75) is 77.3 Å². The van der Waals surface area contributed by atoms with Crippen molar-refractivity contribution in [2.24, 2.45) is 0 Å². The van der Waals surface area contributed by atoms with Gasteiger partial charge in [0.1, 0.15) is 0 Å². The predicted molar refractivity (Wildman–Crippen MR) is 137 cm³/mol. The van der Waals surface area contributed by atoms with E-state index < -0.39 is 35.9 Å². The van der Waals surface area contributed by atoms with Crippen molar-refractivity contribution in [1.29, 1.82) is 0 Å². The van der Waals surface area contributed by atoms with Crippen molar-refractivity contribution < 1.29 is 32.3 Å². The average molecular weight is 521 g/mol. The molecule has 0 aromatic heterocycles. The van der Waals surface area contributed by atoms with Crippen LogP contribution >= 0.6 is 0 Å². The van der Waals surface area contributed by atoms with Crippen LogP contribution in [0.2, 0.25) is 0 Å².